The maximum absolute atomic E-state index is 12.2. The second-order valence-corrected chi connectivity index (χ2v) is 7.87. The van der Waals surface area contributed by atoms with E-state index in [9.17, 15) is 9.90 Å². The number of carbonyl (C=O) groups is 1. The maximum atomic E-state index is 12.2. The molecule has 0 fully saturated rings. The summed E-state index contributed by atoms with van der Waals surface area (Å²) >= 11 is 0. The lowest BCUT2D eigenvalue weighted by molar-refractivity contribution is -0.121. The molecule has 1 unspecified atom stereocenters. The Kier molecular flexibility index (Phi) is 5.92. The van der Waals surface area contributed by atoms with Gasteiger partial charge < -0.3 is 15.4 Å². The normalized spacial score (nSPS) is 15.2. The number of aromatic amines is 1. The van der Waals surface area contributed by atoms with Crippen LogP contribution >= 0.6 is 0 Å². The second kappa shape index (κ2) is 8.76. The van der Waals surface area contributed by atoms with Crippen molar-refractivity contribution in [3.63, 3.8) is 0 Å². The third kappa shape index (κ3) is 4.83. The molecule has 4 rings (SSSR count). The van der Waals surface area contributed by atoms with Crippen molar-refractivity contribution in [2.24, 2.45) is 0 Å². The Balaban J connectivity index is 1.20. The fourth-order valence-corrected chi connectivity index (χ4v) is 3.97. The van der Waals surface area contributed by atoms with E-state index in [0.29, 0.717) is 19.4 Å². The quantitative estimate of drug-likeness (QED) is 0.577. The van der Waals surface area contributed by atoms with Gasteiger partial charge in [-0.3, -0.25) is 9.69 Å². The fraction of sp³-hybridized carbons (Fsp3) is 0.391. The molecule has 1 aliphatic rings. The summed E-state index contributed by atoms with van der Waals surface area (Å²) in [7, 11) is 0. The zero-order valence-corrected chi connectivity index (χ0v) is 16.8. The van der Waals surface area contributed by atoms with Crippen molar-refractivity contribution >= 4 is 16.9 Å². The number of β-amino-alcohol motifs (C(OH)–C–C–N with tert-alkyl or cyclic N) is 1. The summed E-state index contributed by atoms with van der Waals surface area (Å²) in [5.74, 6) is 0.752. The zero-order chi connectivity index (χ0) is 20.2. The van der Waals surface area contributed by atoms with Gasteiger partial charge in [0.05, 0.1) is 17.1 Å². The molecule has 2 heterocycles. The van der Waals surface area contributed by atoms with Gasteiger partial charge in [-0.25, -0.2) is 4.98 Å². The van der Waals surface area contributed by atoms with Gasteiger partial charge in [0, 0.05) is 39.0 Å². The van der Waals surface area contributed by atoms with E-state index in [1.54, 1.807) is 0 Å². The van der Waals surface area contributed by atoms with Crippen molar-refractivity contribution in [2.75, 3.05) is 19.6 Å². The van der Waals surface area contributed by atoms with Crippen LogP contribution in [0.15, 0.2) is 42.5 Å². The van der Waals surface area contributed by atoms with Crippen LogP contribution in [0.1, 0.15) is 28.9 Å². The molecule has 3 N–H and O–H groups in total. The van der Waals surface area contributed by atoms with Gasteiger partial charge in [0.25, 0.3) is 0 Å². The first kappa shape index (κ1) is 19.6. The first-order valence-electron chi connectivity index (χ1n) is 10.3. The lowest BCUT2D eigenvalue weighted by Gasteiger charge is -2.30. The van der Waals surface area contributed by atoms with Gasteiger partial charge in [-0.05, 0) is 36.1 Å². The van der Waals surface area contributed by atoms with Crippen LogP contribution < -0.4 is 5.32 Å². The standard InChI is InChI=1S/C23H28N4O2/c1-16-5-4-8-20-23(16)26-21(25-20)9-10-22(29)24-13-19(28)15-27-12-11-17-6-2-3-7-18(17)14-27/h2-8,19,28H,9-15H2,1H3,(H,24,29)(H,25,26). The molecule has 152 valence electrons. The molecular weight excluding hydrogens is 364 g/mol. The summed E-state index contributed by atoms with van der Waals surface area (Å²) in [5.41, 5.74) is 5.81. The van der Waals surface area contributed by atoms with Crippen molar-refractivity contribution in [1.29, 1.82) is 0 Å². The number of amides is 1. The number of hydrogen-bond donors (Lipinski definition) is 3. The van der Waals surface area contributed by atoms with E-state index in [2.05, 4.69) is 44.5 Å². The van der Waals surface area contributed by atoms with Crippen molar-refractivity contribution < 1.29 is 9.90 Å². The number of aryl methyl sites for hydroxylation is 2. The van der Waals surface area contributed by atoms with Crippen LogP contribution in [0.2, 0.25) is 0 Å². The molecule has 2 aromatic carbocycles. The van der Waals surface area contributed by atoms with E-state index in [4.69, 9.17) is 0 Å². The summed E-state index contributed by atoms with van der Waals surface area (Å²) in [6.45, 7) is 4.66. The molecule has 0 radical (unpaired) electrons. The van der Waals surface area contributed by atoms with Gasteiger partial charge in [0.2, 0.25) is 5.91 Å². The predicted octanol–water partition coefficient (Wildman–Crippen LogP) is 2.34. The van der Waals surface area contributed by atoms with Crippen LogP contribution in [0.25, 0.3) is 11.0 Å². The van der Waals surface area contributed by atoms with E-state index in [-0.39, 0.29) is 12.5 Å². The molecule has 1 amide bonds. The maximum Gasteiger partial charge on any atom is 0.220 e. The summed E-state index contributed by atoms with van der Waals surface area (Å²) < 4.78 is 0. The monoisotopic (exact) mass is 392 g/mol. The highest BCUT2D eigenvalue weighted by molar-refractivity contribution is 5.79. The number of benzene rings is 2. The van der Waals surface area contributed by atoms with E-state index in [1.807, 2.05) is 25.1 Å². The van der Waals surface area contributed by atoms with Crippen molar-refractivity contribution in [1.82, 2.24) is 20.2 Å². The molecule has 6 heteroatoms. The number of nitrogens with zero attached hydrogens (tertiary/aromatic N) is 2. The number of carbonyl (C=O) groups excluding carboxylic acids is 1. The lowest BCUT2D eigenvalue weighted by Crippen LogP contribution is -2.42. The Morgan fingerprint density at radius 2 is 2.07 bits per heavy atom. The topological polar surface area (TPSA) is 81.2 Å². The number of fused-ring (bicyclic) bond motifs is 2. The van der Waals surface area contributed by atoms with Gasteiger partial charge in [-0.2, -0.15) is 0 Å². The van der Waals surface area contributed by atoms with Crippen LogP contribution in [0, 0.1) is 6.92 Å². The first-order valence-corrected chi connectivity index (χ1v) is 10.3. The van der Waals surface area contributed by atoms with Gasteiger partial charge >= 0.3 is 0 Å². The number of hydrogen-bond acceptors (Lipinski definition) is 4. The van der Waals surface area contributed by atoms with Crippen LogP contribution in [-0.4, -0.2) is 51.6 Å². The molecule has 0 saturated heterocycles. The number of nitrogens with one attached hydrogen (secondary N) is 2. The molecule has 0 bridgehead atoms. The number of imidazole rings is 1. The van der Waals surface area contributed by atoms with Crippen molar-refractivity contribution in [3.8, 4) is 0 Å². The lowest BCUT2D eigenvalue weighted by atomic mass is 10.00. The predicted molar refractivity (Wildman–Crippen MR) is 114 cm³/mol. The Morgan fingerprint density at radius 3 is 2.90 bits per heavy atom. The van der Waals surface area contributed by atoms with E-state index in [0.717, 1.165) is 41.9 Å². The molecule has 29 heavy (non-hydrogen) atoms. The number of aliphatic hydroxyl groups excluding tert-OH is 1. The third-order valence-electron chi connectivity index (χ3n) is 5.57. The van der Waals surface area contributed by atoms with Gasteiger partial charge in [-0.1, -0.05) is 36.4 Å². The van der Waals surface area contributed by atoms with Gasteiger partial charge in [-0.15, -0.1) is 0 Å². The van der Waals surface area contributed by atoms with Crippen LogP contribution in [0.4, 0.5) is 0 Å². The van der Waals surface area contributed by atoms with E-state index < -0.39 is 6.10 Å². The summed E-state index contributed by atoms with van der Waals surface area (Å²) in [5, 5.41) is 13.2. The van der Waals surface area contributed by atoms with E-state index >= 15 is 0 Å². The zero-order valence-electron chi connectivity index (χ0n) is 16.8. The largest absolute Gasteiger partial charge is 0.390 e. The molecule has 1 aromatic heterocycles. The number of H-pyrrole nitrogens is 1. The van der Waals surface area contributed by atoms with Crippen LogP contribution in [0.5, 0.6) is 0 Å². The van der Waals surface area contributed by atoms with Gasteiger partial charge in [0.15, 0.2) is 0 Å². The molecule has 0 spiro atoms. The number of aromatic nitrogens is 2. The first-order chi connectivity index (χ1) is 14.1. The Hall–Kier alpha value is -2.70. The summed E-state index contributed by atoms with van der Waals surface area (Å²) in [6, 6.07) is 14.5. The van der Waals surface area contributed by atoms with Crippen LogP contribution in [0.3, 0.4) is 0 Å². The highest BCUT2D eigenvalue weighted by Crippen LogP contribution is 2.18. The number of para-hydroxylation sites is 1. The minimum absolute atomic E-state index is 0.0646. The smallest absolute Gasteiger partial charge is 0.220 e. The highest BCUT2D eigenvalue weighted by atomic mass is 16.3. The Bertz CT molecular complexity index is 997. The molecule has 1 atom stereocenters. The molecular formula is C23H28N4O2. The number of rotatable bonds is 7. The molecule has 0 saturated carbocycles. The van der Waals surface area contributed by atoms with E-state index in [1.165, 1.54) is 11.1 Å². The molecule has 6 nitrogen and oxygen atoms in total. The van der Waals surface area contributed by atoms with Crippen LogP contribution in [-0.2, 0) is 24.2 Å². The highest BCUT2D eigenvalue weighted by Gasteiger charge is 2.18. The SMILES string of the molecule is Cc1cccc2[nH]c(CCC(=O)NCC(O)CN3CCc4ccccc4C3)nc12. The number of aliphatic hydroxyl groups is 1. The minimum atomic E-state index is -0.571. The summed E-state index contributed by atoms with van der Waals surface area (Å²) in [6.07, 6.45) is 1.34. The Morgan fingerprint density at radius 1 is 1.24 bits per heavy atom. The molecule has 1 aliphatic heterocycles. The van der Waals surface area contributed by atoms with Crippen molar-refractivity contribution in [3.05, 3.63) is 65.0 Å². The fourth-order valence-electron chi connectivity index (χ4n) is 3.97. The third-order valence-corrected chi connectivity index (χ3v) is 5.57. The molecule has 0 aliphatic carbocycles. The molecule has 3 aromatic rings. The Labute approximate surface area is 171 Å². The average molecular weight is 393 g/mol. The average Bonchev–Trinajstić information content (AvgIpc) is 3.15. The van der Waals surface area contributed by atoms with Gasteiger partial charge in [0.1, 0.15) is 5.82 Å². The summed E-state index contributed by atoms with van der Waals surface area (Å²) in [4.78, 5) is 22.3. The minimum Gasteiger partial charge on any atom is -0.390 e. The van der Waals surface area contributed by atoms with Crippen molar-refractivity contribution in [2.45, 2.75) is 38.8 Å². The second-order valence-electron chi connectivity index (χ2n) is 7.87.